The van der Waals surface area contributed by atoms with Crippen molar-refractivity contribution in [2.75, 3.05) is 6.54 Å². The fraction of sp³-hybridized carbons (Fsp3) is 0.382. The smallest absolute Gasteiger partial charge is 0.331 e. The molecule has 8 heteroatoms. The second-order valence-electron chi connectivity index (χ2n) is 12.9. The second kappa shape index (κ2) is 9.61. The number of imide groups is 1. The predicted octanol–water partition coefficient (Wildman–Crippen LogP) is 4.70. The van der Waals surface area contributed by atoms with Crippen molar-refractivity contribution in [2.45, 2.75) is 58.3 Å². The summed E-state index contributed by atoms with van der Waals surface area (Å²) in [5, 5.41) is 3.48. The third-order valence-electron chi connectivity index (χ3n) is 9.39. The van der Waals surface area contributed by atoms with E-state index in [1.165, 1.54) is 0 Å². The number of amides is 2. The van der Waals surface area contributed by atoms with Crippen LogP contribution in [0, 0.1) is 17.3 Å². The molecule has 2 aromatic rings. The molecular formula is C34H32N2O6. The number of rotatable bonds is 4. The van der Waals surface area contributed by atoms with Gasteiger partial charge in [0, 0.05) is 40.3 Å². The molecule has 214 valence electrons. The van der Waals surface area contributed by atoms with E-state index in [4.69, 9.17) is 4.74 Å². The minimum Gasteiger partial charge on any atom is -0.425 e. The molecule has 2 aliphatic heterocycles. The van der Waals surface area contributed by atoms with E-state index in [-0.39, 0.29) is 46.4 Å². The fourth-order valence-electron chi connectivity index (χ4n) is 7.53. The molecular weight excluding hydrogens is 532 g/mol. The molecule has 1 saturated carbocycles. The normalized spacial score (nSPS) is 26.0. The van der Waals surface area contributed by atoms with Crippen molar-refractivity contribution in [1.82, 2.24) is 10.2 Å². The molecule has 1 N–H and O–H groups in total. The number of likely N-dealkylation sites (tertiary alicyclic amines) is 1. The lowest BCUT2D eigenvalue weighted by atomic mass is 9.68. The van der Waals surface area contributed by atoms with Gasteiger partial charge in [-0.3, -0.25) is 24.1 Å². The van der Waals surface area contributed by atoms with Crippen LogP contribution in [0.3, 0.4) is 0 Å². The molecule has 2 amide bonds. The number of hydrogen-bond acceptors (Lipinski definition) is 7. The maximum absolute atomic E-state index is 13.7. The summed E-state index contributed by atoms with van der Waals surface area (Å²) in [4.78, 5) is 66.6. The lowest BCUT2D eigenvalue weighted by molar-refractivity contribution is -0.148. The van der Waals surface area contributed by atoms with Gasteiger partial charge in [0.2, 0.25) is 11.8 Å². The standard InChI is InChI=1S/C34H32N2O6/c1-34(2)15-24-28(25(37)16-34)27(29-30(35-24)20-7-3-4-8-21(20)31(29)39)18-11-13-19(14-12-18)42-26(38)17-36-32(40)22-9-5-6-10-23(22)33(36)41/h3-4,7-8,11-14,22-23,27,35H,5-6,9-10,15-17H2,1-2H3/t22-,23+,27-/m1/s1. The Morgan fingerprint density at radius 3 is 2.19 bits per heavy atom. The average molecular weight is 565 g/mol. The molecule has 0 spiro atoms. The van der Waals surface area contributed by atoms with Crippen LogP contribution < -0.4 is 10.1 Å². The van der Waals surface area contributed by atoms with Gasteiger partial charge in [-0.15, -0.1) is 0 Å². The van der Waals surface area contributed by atoms with Crippen LogP contribution in [0.25, 0.3) is 5.70 Å². The molecule has 2 aromatic carbocycles. The Morgan fingerprint density at radius 2 is 1.52 bits per heavy atom. The first-order valence-corrected chi connectivity index (χ1v) is 14.7. The summed E-state index contributed by atoms with van der Waals surface area (Å²) in [7, 11) is 0. The van der Waals surface area contributed by atoms with Crippen LogP contribution in [-0.2, 0) is 19.2 Å². The summed E-state index contributed by atoms with van der Waals surface area (Å²) in [6.07, 6.45) is 4.27. The van der Waals surface area contributed by atoms with Gasteiger partial charge >= 0.3 is 5.97 Å². The van der Waals surface area contributed by atoms with Crippen molar-refractivity contribution < 1.29 is 28.7 Å². The van der Waals surface area contributed by atoms with Crippen LogP contribution in [0.15, 0.2) is 65.4 Å². The minimum atomic E-state index is -0.689. The number of ketones is 2. The van der Waals surface area contributed by atoms with Gasteiger partial charge in [0.15, 0.2) is 11.6 Å². The van der Waals surface area contributed by atoms with Gasteiger partial charge in [-0.25, -0.2) is 4.79 Å². The topological polar surface area (TPSA) is 110 Å². The first-order valence-electron chi connectivity index (χ1n) is 14.7. The number of benzene rings is 2. The number of fused-ring (bicyclic) bond motifs is 3. The Morgan fingerprint density at radius 1 is 0.881 bits per heavy atom. The van der Waals surface area contributed by atoms with Crippen LogP contribution in [0.4, 0.5) is 0 Å². The number of carbonyl (C=O) groups excluding carboxylic acids is 5. The van der Waals surface area contributed by atoms with Gasteiger partial charge in [-0.2, -0.15) is 0 Å². The highest BCUT2D eigenvalue weighted by molar-refractivity contribution is 6.23. The SMILES string of the molecule is CC1(C)CC(=O)C2=C(C1)NC1=C(C(=O)c3ccccc31)[C@@H]2c1ccc(OC(=O)CN2C(=O)[C@H]3CCCC[C@H]3C2=O)cc1. The zero-order chi connectivity index (χ0) is 29.3. The summed E-state index contributed by atoms with van der Waals surface area (Å²) < 4.78 is 5.53. The zero-order valence-electron chi connectivity index (χ0n) is 23.7. The Kier molecular flexibility index (Phi) is 6.08. The Balaban J connectivity index is 1.16. The molecule has 0 aromatic heterocycles. The van der Waals surface area contributed by atoms with Crippen molar-refractivity contribution in [1.29, 1.82) is 0 Å². The van der Waals surface area contributed by atoms with Gasteiger partial charge in [0.05, 0.1) is 17.5 Å². The fourth-order valence-corrected chi connectivity index (χ4v) is 7.53. The molecule has 2 fully saturated rings. The number of allylic oxidation sites excluding steroid dienone is 3. The molecule has 42 heavy (non-hydrogen) atoms. The first-order chi connectivity index (χ1) is 20.1. The summed E-state index contributed by atoms with van der Waals surface area (Å²) >= 11 is 0. The third-order valence-corrected chi connectivity index (χ3v) is 9.39. The number of Topliss-reactive ketones (excluding diaryl/α,β-unsaturated/α-hetero) is 2. The molecule has 8 nitrogen and oxygen atoms in total. The van der Waals surface area contributed by atoms with Gasteiger partial charge in [-0.1, -0.05) is 63.1 Å². The van der Waals surface area contributed by atoms with Crippen LogP contribution >= 0.6 is 0 Å². The van der Waals surface area contributed by atoms with E-state index in [1.54, 1.807) is 24.3 Å². The largest absolute Gasteiger partial charge is 0.425 e. The molecule has 0 unspecified atom stereocenters. The minimum absolute atomic E-state index is 0.0186. The number of hydrogen-bond donors (Lipinski definition) is 1. The first kappa shape index (κ1) is 26.6. The molecule has 3 aliphatic carbocycles. The Labute approximate surface area is 243 Å². The monoisotopic (exact) mass is 564 g/mol. The number of nitrogens with one attached hydrogen (secondary N) is 1. The van der Waals surface area contributed by atoms with Gasteiger partial charge < -0.3 is 10.1 Å². The van der Waals surface area contributed by atoms with E-state index in [0.717, 1.165) is 40.3 Å². The number of esters is 1. The molecule has 5 aliphatic rings. The lowest BCUT2D eigenvalue weighted by Gasteiger charge is -2.39. The van der Waals surface area contributed by atoms with Crippen LogP contribution in [0.2, 0.25) is 0 Å². The van der Waals surface area contributed by atoms with E-state index in [0.29, 0.717) is 42.4 Å². The number of carbonyl (C=O) groups is 5. The van der Waals surface area contributed by atoms with Crippen LogP contribution in [0.1, 0.15) is 79.8 Å². The van der Waals surface area contributed by atoms with Gasteiger partial charge in [0.25, 0.3) is 0 Å². The van der Waals surface area contributed by atoms with Crippen molar-refractivity contribution in [2.24, 2.45) is 17.3 Å². The van der Waals surface area contributed by atoms with Crippen molar-refractivity contribution in [3.05, 3.63) is 82.1 Å². The van der Waals surface area contributed by atoms with Crippen molar-refractivity contribution >= 4 is 35.0 Å². The summed E-state index contributed by atoms with van der Waals surface area (Å²) in [5.41, 5.74) is 4.76. The van der Waals surface area contributed by atoms with Crippen LogP contribution in [-0.4, -0.2) is 40.8 Å². The van der Waals surface area contributed by atoms with Crippen molar-refractivity contribution in [3.63, 3.8) is 0 Å². The maximum Gasteiger partial charge on any atom is 0.331 e. The van der Waals surface area contributed by atoms with E-state index in [1.807, 2.05) is 24.3 Å². The summed E-state index contributed by atoms with van der Waals surface area (Å²) in [6, 6.07) is 14.3. The van der Waals surface area contributed by atoms with E-state index in [9.17, 15) is 24.0 Å². The number of dihydropyridines is 1. The highest BCUT2D eigenvalue weighted by Crippen LogP contribution is 2.51. The molecule has 2 heterocycles. The van der Waals surface area contributed by atoms with E-state index in [2.05, 4.69) is 19.2 Å². The molecule has 1 saturated heterocycles. The Hall–Kier alpha value is -4.33. The lowest BCUT2D eigenvalue weighted by Crippen LogP contribution is -2.37. The van der Waals surface area contributed by atoms with Crippen LogP contribution in [0.5, 0.6) is 5.75 Å². The highest BCUT2D eigenvalue weighted by Gasteiger charge is 2.49. The van der Waals surface area contributed by atoms with E-state index < -0.39 is 18.4 Å². The second-order valence-corrected chi connectivity index (χ2v) is 12.9. The zero-order valence-corrected chi connectivity index (χ0v) is 23.7. The average Bonchev–Trinajstić information content (AvgIpc) is 3.38. The van der Waals surface area contributed by atoms with Gasteiger partial charge in [-0.05, 0) is 42.4 Å². The summed E-state index contributed by atoms with van der Waals surface area (Å²) in [6.45, 7) is 3.73. The quantitative estimate of drug-likeness (QED) is 0.326. The highest BCUT2D eigenvalue weighted by atomic mass is 16.5. The maximum atomic E-state index is 13.7. The Bertz CT molecular complexity index is 1620. The molecule has 0 bridgehead atoms. The summed E-state index contributed by atoms with van der Waals surface area (Å²) in [5.74, 6) is -2.26. The van der Waals surface area contributed by atoms with Gasteiger partial charge in [0.1, 0.15) is 12.3 Å². The number of nitrogens with zero attached hydrogens (tertiary/aromatic N) is 1. The third kappa shape index (κ3) is 4.15. The molecule has 0 radical (unpaired) electrons. The molecule has 3 atom stereocenters. The predicted molar refractivity (Wildman–Crippen MR) is 153 cm³/mol. The van der Waals surface area contributed by atoms with Crippen molar-refractivity contribution in [3.8, 4) is 5.75 Å². The van der Waals surface area contributed by atoms with E-state index >= 15 is 0 Å². The number of ether oxygens (including phenoxy) is 1. The molecule has 7 rings (SSSR count).